The van der Waals surface area contributed by atoms with E-state index in [1.165, 1.54) is 12.8 Å². The molecule has 1 rings (SSSR count). The summed E-state index contributed by atoms with van der Waals surface area (Å²) >= 11 is 0. The van der Waals surface area contributed by atoms with Gasteiger partial charge in [-0.05, 0) is 12.8 Å². The Labute approximate surface area is 30.5 Å². The molecule has 0 aliphatic heterocycles. The van der Waals surface area contributed by atoms with Gasteiger partial charge in [-0.1, -0.05) is 0 Å². The van der Waals surface area contributed by atoms with E-state index in [-0.39, 0.29) is 4.70 Å². The molecule has 0 aromatic carbocycles. The van der Waals surface area contributed by atoms with Crippen molar-refractivity contribution in [1.82, 2.24) is 0 Å². The first-order valence-electron chi connectivity index (χ1n) is 1.65. The van der Waals surface area contributed by atoms with Gasteiger partial charge in [0.2, 0.25) is 0 Å². The van der Waals surface area contributed by atoms with Gasteiger partial charge in [-0.3, -0.25) is 4.70 Å². The fourth-order valence-electron chi connectivity index (χ4n) is 0.0962. The van der Waals surface area contributed by atoms with E-state index in [0.29, 0.717) is 6.04 Å². The SMILES string of the molecule is F.NC1CC1. The second kappa shape index (κ2) is 1.36. The molecule has 1 nitrogen and oxygen atoms in total. The lowest BCUT2D eigenvalue weighted by molar-refractivity contribution is 1.07. The molecular formula is C3H8FN. The Bertz CT molecular complexity index is 26.1. The Kier molecular flexibility index (Phi) is 1.33. The van der Waals surface area contributed by atoms with Gasteiger partial charge >= 0.3 is 0 Å². The van der Waals surface area contributed by atoms with E-state index in [2.05, 4.69) is 0 Å². The third kappa shape index (κ3) is 1.66. The lowest BCUT2D eigenvalue weighted by atomic mass is 10.8. The maximum atomic E-state index is 5.22. The molecule has 0 unspecified atom stereocenters. The second-order valence-corrected chi connectivity index (χ2v) is 1.34. The first-order chi connectivity index (χ1) is 1.89. The van der Waals surface area contributed by atoms with Crippen molar-refractivity contribution in [3.63, 3.8) is 0 Å². The molecule has 1 aliphatic carbocycles. The first kappa shape index (κ1) is 4.89. The highest BCUT2D eigenvalue weighted by molar-refractivity contribution is 4.75. The molecule has 0 heterocycles. The molecule has 5 heavy (non-hydrogen) atoms. The molecule has 0 bridgehead atoms. The van der Waals surface area contributed by atoms with E-state index >= 15 is 0 Å². The molecule has 0 radical (unpaired) electrons. The van der Waals surface area contributed by atoms with Gasteiger partial charge in [-0.25, -0.2) is 0 Å². The molecule has 1 aliphatic rings. The summed E-state index contributed by atoms with van der Waals surface area (Å²) in [5.41, 5.74) is 5.22. The van der Waals surface area contributed by atoms with Gasteiger partial charge in [0.1, 0.15) is 0 Å². The summed E-state index contributed by atoms with van der Waals surface area (Å²) in [7, 11) is 0. The van der Waals surface area contributed by atoms with Crippen LogP contribution in [0.15, 0.2) is 0 Å². The van der Waals surface area contributed by atoms with Crippen LogP contribution in [0.25, 0.3) is 0 Å². The second-order valence-electron chi connectivity index (χ2n) is 1.34. The summed E-state index contributed by atoms with van der Waals surface area (Å²) in [5, 5.41) is 0. The van der Waals surface area contributed by atoms with Gasteiger partial charge in [0, 0.05) is 6.04 Å². The lowest BCUT2D eigenvalue weighted by Crippen LogP contribution is -1.94. The van der Waals surface area contributed by atoms with Crippen LogP contribution in [0.5, 0.6) is 0 Å². The van der Waals surface area contributed by atoms with Crippen molar-refractivity contribution < 1.29 is 4.70 Å². The highest BCUT2D eigenvalue weighted by Crippen LogP contribution is 2.13. The molecule has 0 spiro atoms. The zero-order valence-electron chi connectivity index (χ0n) is 2.98. The standard InChI is InChI=1S/C3H7N.FH/c4-3-1-2-3;/h3H,1-2,4H2;1H. The Morgan fingerprint density at radius 1 is 1.40 bits per heavy atom. The minimum absolute atomic E-state index is 0. The highest BCUT2D eigenvalue weighted by atomic mass is 19.0. The van der Waals surface area contributed by atoms with Crippen LogP contribution in [-0.2, 0) is 0 Å². The Morgan fingerprint density at radius 3 is 1.60 bits per heavy atom. The Balaban J connectivity index is 0.000000160. The fraction of sp³-hybridized carbons (Fsp3) is 1.00. The van der Waals surface area contributed by atoms with Crippen molar-refractivity contribution in [2.24, 2.45) is 5.73 Å². The van der Waals surface area contributed by atoms with Crippen LogP contribution in [0.4, 0.5) is 4.70 Å². The van der Waals surface area contributed by atoms with E-state index < -0.39 is 0 Å². The van der Waals surface area contributed by atoms with Crippen LogP contribution < -0.4 is 5.73 Å². The van der Waals surface area contributed by atoms with Crippen molar-refractivity contribution in [2.75, 3.05) is 0 Å². The predicted molar refractivity (Wildman–Crippen MR) is 19.7 cm³/mol. The summed E-state index contributed by atoms with van der Waals surface area (Å²) < 4.78 is 0. The summed E-state index contributed by atoms with van der Waals surface area (Å²) in [5.74, 6) is 0. The third-order valence-electron chi connectivity index (χ3n) is 0.622. The number of halogens is 1. The zero-order chi connectivity index (χ0) is 2.99. The van der Waals surface area contributed by atoms with E-state index in [4.69, 9.17) is 5.73 Å². The van der Waals surface area contributed by atoms with Gasteiger partial charge in [0.25, 0.3) is 0 Å². The fourth-order valence-corrected chi connectivity index (χ4v) is 0.0962. The van der Waals surface area contributed by atoms with Gasteiger partial charge in [-0.15, -0.1) is 0 Å². The summed E-state index contributed by atoms with van der Waals surface area (Å²) in [6.45, 7) is 0. The topological polar surface area (TPSA) is 26.0 Å². The monoisotopic (exact) mass is 77.1 g/mol. The number of hydrogen-bond acceptors (Lipinski definition) is 1. The average molecular weight is 77.1 g/mol. The van der Waals surface area contributed by atoms with Gasteiger partial charge in [0.15, 0.2) is 0 Å². The van der Waals surface area contributed by atoms with Gasteiger partial charge in [0.05, 0.1) is 0 Å². The van der Waals surface area contributed by atoms with E-state index in [9.17, 15) is 0 Å². The molecule has 0 amide bonds. The Hall–Kier alpha value is -0.110. The number of rotatable bonds is 0. The van der Waals surface area contributed by atoms with Gasteiger partial charge in [-0.2, -0.15) is 0 Å². The molecule has 0 aromatic heterocycles. The largest absolute Gasteiger partial charge is 0.328 e. The van der Waals surface area contributed by atoms with E-state index in [1.54, 1.807) is 0 Å². The highest BCUT2D eigenvalue weighted by Gasteiger charge is 2.13. The minimum atomic E-state index is 0. The minimum Gasteiger partial charge on any atom is -0.328 e. The van der Waals surface area contributed by atoms with Crippen LogP contribution in [0, 0.1) is 0 Å². The van der Waals surface area contributed by atoms with Crippen molar-refractivity contribution >= 4 is 0 Å². The molecule has 2 heteroatoms. The zero-order valence-corrected chi connectivity index (χ0v) is 2.98. The number of nitrogens with two attached hydrogens (primary N) is 1. The molecule has 0 aromatic rings. The van der Waals surface area contributed by atoms with Crippen LogP contribution >= 0.6 is 0 Å². The predicted octanol–water partition coefficient (Wildman–Crippen LogP) is 0.260. The molecule has 1 saturated carbocycles. The van der Waals surface area contributed by atoms with Crippen molar-refractivity contribution in [3.05, 3.63) is 0 Å². The van der Waals surface area contributed by atoms with Crippen molar-refractivity contribution in [3.8, 4) is 0 Å². The molecule has 1 fully saturated rings. The molecule has 0 saturated heterocycles. The molecule has 32 valence electrons. The molecule has 2 N–H and O–H groups in total. The van der Waals surface area contributed by atoms with Gasteiger partial charge < -0.3 is 5.73 Å². The quantitative estimate of drug-likeness (QED) is 0.441. The lowest BCUT2D eigenvalue weighted by Gasteiger charge is -1.58. The van der Waals surface area contributed by atoms with Crippen LogP contribution in [-0.4, -0.2) is 6.04 Å². The average Bonchev–Trinajstić information content (AvgIpc) is 1.75. The normalized spacial score (nSPS) is 21.0. The summed E-state index contributed by atoms with van der Waals surface area (Å²) in [6.07, 6.45) is 2.53. The number of hydrogen-bond donors (Lipinski definition) is 1. The first-order valence-corrected chi connectivity index (χ1v) is 1.65. The van der Waals surface area contributed by atoms with Crippen molar-refractivity contribution in [1.29, 1.82) is 0 Å². The van der Waals surface area contributed by atoms with Crippen LogP contribution in [0.2, 0.25) is 0 Å². The maximum absolute atomic E-state index is 5.22. The third-order valence-corrected chi connectivity index (χ3v) is 0.622. The van der Waals surface area contributed by atoms with Crippen LogP contribution in [0.1, 0.15) is 12.8 Å². The summed E-state index contributed by atoms with van der Waals surface area (Å²) in [6, 6.07) is 0.583. The molecular weight excluding hydrogens is 69.0 g/mol. The maximum Gasteiger partial charge on any atom is 0.00399 e. The Morgan fingerprint density at radius 2 is 1.60 bits per heavy atom. The van der Waals surface area contributed by atoms with Crippen LogP contribution in [0.3, 0.4) is 0 Å². The molecule has 0 atom stereocenters. The summed E-state index contributed by atoms with van der Waals surface area (Å²) in [4.78, 5) is 0. The van der Waals surface area contributed by atoms with E-state index in [0.717, 1.165) is 0 Å². The van der Waals surface area contributed by atoms with Crippen molar-refractivity contribution in [2.45, 2.75) is 18.9 Å². The van der Waals surface area contributed by atoms with E-state index in [1.807, 2.05) is 0 Å². The smallest absolute Gasteiger partial charge is 0.00399 e.